The van der Waals surface area contributed by atoms with E-state index in [0.29, 0.717) is 11.3 Å². The van der Waals surface area contributed by atoms with Gasteiger partial charge in [0.25, 0.3) is 5.91 Å². The summed E-state index contributed by atoms with van der Waals surface area (Å²) in [6.45, 7) is 1.89. The Morgan fingerprint density at radius 3 is 2.44 bits per heavy atom. The summed E-state index contributed by atoms with van der Waals surface area (Å²) < 4.78 is 5.78. The van der Waals surface area contributed by atoms with E-state index in [9.17, 15) is 4.79 Å². The Bertz CT molecular complexity index is 889. The van der Waals surface area contributed by atoms with Crippen LogP contribution < -0.4 is 10.2 Å². The molecule has 0 atom stereocenters. The number of benzene rings is 3. The molecule has 0 spiro atoms. The molecule has 0 aliphatic rings. The summed E-state index contributed by atoms with van der Waals surface area (Å²) in [6.07, 6.45) is 1.59. The second-order valence-corrected chi connectivity index (χ2v) is 5.50. The standard InChI is InChI=1S/C21H18N2O2/c1-16-8-5-6-13-20(16)21(24)23-22-15-17-9-7-12-19(14-17)25-18-10-3-2-4-11-18/h2-15H,1H3,(H,23,24). The van der Waals surface area contributed by atoms with Crippen molar-refractivity contribution in [3.63, 3.8) is 0 Å². The summed E-state index contributed by atoms with van der Waals surface area (Å²) in [6, 6.07) is 24.4. The van der Waals surface area contributed by atoms with Gasteiger partial charge in [-0.1, -0.05) is 48.5 Å². The Morgan fingerprint density at radius 2 is 1.64 bits per heavy atom. The second kappa shape index (κ2) is 7.93. The van der Waals surface area contributed by atoms with Gasteiger partial charge in [0.15, 0.2) is 0 Å². The van der Waals surface area contributed by atoms with E-state index in [1.54, 1.807) is 12.3 Å². The minimum atomic E-state index is -0.231. The topological polar surface area (TPSA) is 50.7 Å². The highest BCUT2D eigenvalue weighted by atomic mass is 16.5. The Kier molecular flexibility index (Phi) is 5.22. The van der Waals surface area contributed by atoms with E-state index in [4.69, 9.17) is 4.74 Å². The molecular formula is C21H18N2O2. The van der Waals surface area contributed by atoms with Gasteiger partial charge in [-0.25, -0.2) is 5.43 Å². The Morgan fingerprint density at radius 1 is 0.920 bits per heavy atom. The number of hydrogen-bond donors (Lipinski definition) is 1. The molecule has 0 aliphatic carbocycles. The summed E-state index contributed by atoms with van der Waals surface area (Å²) in [7, 11) is 0. The van der Waals surface area contributed by atoms with Crippen molar-refractivity contribution in [3.8, 4) is 11.5 Å². The van der Waals surface area contributed by atoms with Crippen molar-refractivity contribution < 1.29 is 9.53 Å². The molecule has 0 aliphatic heterocycles. The van der Waals surface area contributed by atoms with Crippen LogP contribution in [0, 0.1) is 6.92 Å². The summed E-state index contributed by atoms with van der Waals surface area (Å²) in [4.78, 5) is 12.1. The maximum absolute atomic E-state index is 12.1. The lowest BCUT2D eigenvalue weighted by Crippen LogP contribution is -2.18. The van der Waals surface area contributed by atoms with Crippen LogP contribution in [0.2, 0.25) is 0 Å². The number of nitrogens with zero attached hydrogens (tertiary/aromatic N) is 1. The van der Waals surface area contributed by atoms with Crippen molar-refractivity contribution in [1.82, 2.24) is 5.43 Å². The van der Waals surface area contributed by atoms with Gasteiger partial charge in [-0.2, -0.15) is 5.10 Å². The van der Waals surface area contributed by atoms with Gasteiger partial charge in [-0.05, 0) is 48.4 Å². The SMILES string of the molecule is Cc1ccccc1C(=O)NN=Cc1cccc(Oc2ccccc2)c1. The number of aryl methyl sites for hydroxylation is 1. The minimum Gasteiger partial charge on any atom is -0.457 e. The normalized spacial score (nSPS) is 10.6. The maximum Gasteiger partial charge on any atom is 0.271 e. The van der Waals surface area contributed by atoms with E-state index in [2.05, 4.69) is 10.5 Å². The maximum atomic E-state index is 12.1. The zero-order chi connectivity index (χ0) is 17.5. The van der Waals surface area contributed by atoms with Crippen LogP contribution in [-0.4, -0.2) is 12.1 Å². The molecule has 0 aromatic heterocycles. The van der Waals surface area contributed by atoms with E-state index in [0.717, 1.165) is 16.9 Å². The number of hydrazone groups is 1. The molecule has 0 unspecified atom stereocenters. The monoisotopic (exact) mass is 330 g/mol. The molecule has 1 amide bonds. The van der Waals surface area contributed by atoms with Gasteiger partial charge >= 0.3 is 0 Å². The molecule has 0 saturated carbocycles. The molecule has 4 heteroatoms. The second-order valence-electron chi connectivity index (χ2n) is 5.50. The quantitative estimate of drug-likeness (QED) is 0.551. The van der Waals surface area contributed by atoms with E-state index in [-0.39, 0.29) is 5.91 Å². The molecule has 25 heavy (non-hydrogen) atoms. The third-order valence-electron chi connectivity index (χ3n) is 3.61. The van der Waals surface area contributed by atoms with Crippen molar-refractivity contribution in [2.24, 2.45) is 5.10 Å². The largest absolute Gasteiger partial charge is 0.457 e. The van der Waals surface area contributed by atoms with Crippen molar-refractivity contribution >= 4 is 12.1 Å². The van der Waals surface area contributed by atoms with Gasteiger partial charge in [0.2, 0.25) is 0 Å². The van der Waals surface area contributed by atoms with Gasteiger partial charge < -0.3 is 4.74 Å². The smallest absolute Gasteiger partial charge is 0.271 e. The molecule has 0 saturated heterocycles. The molecule has 0 heterocycles. The minimum absolute atomic E-state index is 0.231. The third-order valence-corrected chi connectivity index (χ3v) is 3.61. The van der Waals surface area contributed by atoms with Crippen LogP contribution in [0.4, 0.5) is 0 Å². The number of carbonyl (C=O) groups excluding carboxylic acids is 1. The average molecular weight is 330 g/mol. The number of para-hydroxylation sites is 1. The summed E-state index contributed by atoms with van der Waals surface area (Å²) in [5.74, 6) is 1.25. The Balaban J connectivity index is 1.65. The molecule has 3 aromatic carbocycles. The van der Waals surface area contributed by atoms with Crippen LogP contribution in [0.3, 0.4) is 0 Å². The van der Waals surface area contributed by atoms with Crippen molar-refractivity contribution in [3.05, 3.63) is 95.6 Å². The molecule has 1 N–H and O–H groups in total. The Hall–Kier alpha value is -3.40. The molecular weight excluding hydrogens is 312 g/mol. The summed E-state index contributed by atoms with van der Waals surface area (Å²) in [5, 5.41) is 4.03. The fourth-order valence-corrected chi connectivity index (χ4v) is 2.34. The fourth-order valence-electron chi connectivity index (χ4n) is 2.34. The first-order valence-corrected chi connectivity index (χ1v) is 7.94. The number of ether oxygens (including phenoxy) is 1. The molecule has 4 nitrogen and oxygen atoms in total. The first-order valence-electron chi connectivity index (χ1n) is 7.94. The predicted octanol–water partition coefficient (Wildman–Crippen LogP) is 4.55. The van der Waals surface area contributed by atoms with Gasteiger partial charge in [0, 0.05) is 5.56 Å². The van der Waals surface area contributed by atoms with Gasteiger partial charge in [-0.15, -0.1) is 0 Å². The van der Waals surface area contributed by atoms with Crippen LogP contribution in [-0.2, 0) is 0 Å². The summed E-state index contributed by atoms with van der Waals surface area (Å²) >= 11 is 0. The number of carbonyl (C=O) groups is 1. The Labute approximate surface area is 146 Å². The first kappa shape index (κ1) is 16.5. The van der Waals surface area contributed by atoms with Crippen LogP contribution in [0.1, 0.15) is 21.5 Å². The highest BCUT2D eigenvalue weighted by Gasteiger charge is 2.06. The van der Waals surface area contributed by atoms with E-state index < -0.39 is 0 Å². The zero-order valence-corrected chi connectivity index (χ0v) is 13.8. The first-order chi connectivity index (χ1) is 12.2. The lowest BCUT2D eigenvalue weighted by Gasteiger charge is -2.06. The van der Waals surface area contributed by atoms with Crippen LogP contribution in [0.5, 0.6) is 11.5 Å². The average Bonchev–Trinajstić information content (AvgIpc) is 2.63. The zero-order valence-electron chi connectivity index (χ0n) is 13.8. The lowest BCUT2D eigenvalue weighted by atomic mass is 10.1. The van der Waals surface area contributed by atoms with Crippen molar-refractivity contribution in [2.75, 3.05) is 0 Å². The number of hydrogen-bond acceptors (Lipinski definition) is 3. The highest BCUT2D eigenvalue weighted by Crippen LogP contribution is 2.21. The van der Waals surface area contributed by atoms with Gasteiger partial charge in [0.05, 0.1) is 6.21 Å². The van der Waals surface area contributed by atoms with Crippen molar-refractivity contribution in [2.45, 2.75) is 6.92 Å². The van der Waals surface area contributed by atoms with Gasteiger partial charge in [-0.3, -0.25) is 4.79 Å². The molecule has 124 valence electrons. The molecule has 0 radical (unpaired) electrons. The molecule has 3 aromatic rings. The van der Waals surface area contributed by atoms with Crippen LogP contribution >= 0.6 is 0 Å². The van der Waals surface area contributed by atoms with E-state index in [1.807, 2.05) is 79.7 Å². The molecule has 3 rings (SSSR count). The number of nitrogens with one attached hydrogen (secondary N) is 1. The molecule has 0 bridgehead atoms. The van der Waals surface area contributed by atoms with E-state index in [1.165, 1.54) is 0 Å². The third kappa shape index (κ3) is 4.54. The number of rotatable bonds is 5. The summed E-state index contributed by atoms with van der Waals surface area (Å²) in [5.41, 5.74) is 4.90. The van der Waals surface area contributed by atoms with Crippen LogP contribution in [0.25, 0.3) is 0 Å². The predicted molar refractivity (Wildman–Crippen MR) is 99.2 cm³/mol. The van der Waals surface area contributed by atoms with Crippen molar-refractivity contribution in [1.29, 1.82) is 0 Å². The number of amides is 1. The lowest BCUT2D eigenvalue weighted by molar-refractivity contribution is 0.0954. The van der Waals surface area contributed by atoms with Crippen LogP contribution in [0.15, 0.2) is 84.0 Å². The molecule has 0 fully saturated rings. The van der Waals surface area contributed by atoms with E-state index >= 15 is 0 Å². The highest BCUT2D eigenvalue weighted by molar-refractivity contribution is 5.96. The van der Waals surface area contributed by atoms with Gasteiger partial charge in [0.1, 0.15) is 11.5 Å². The fraction of sp³-hybridized carbons (Fsp3) is 0.0476.